The molecule has 0 spiro atoms. The van der Waals surface area contributed by atoms with E-state index < -0.39 is 23.6 Å². The van der Waals surface area contributed by atoms with Gasteiger partial charge in [-0.3, -0.25) is 4.79 Å². The van der Waals surface area contributed by atoms with Crippen LogP contribution in [0.4, 0.5) is 0 Å². The number of aliphatic hydroxyl groups is 2. The number of ether oxygens (including phenoxy) is 1. The van der Waals surface area contributed by atoms with E-state index in [1.165, 1.54) is 0 Å². The molecule has 0 aliphatic carbocycles. The Hall–Kier alpha value is -1.49. The topological polar surface area (TPSA) is 66.8 Å². The molecule has 1 aliphatic rings. The molecule has 0 saturated heterocycles. The van der Waals surface area contributed by atoms with Crippen LogP contribution < -0.4 is 0 Å². The van der Waals surface area contributed by atoms with Gasteiger partial charge in [0.25, 0.3) is 0 Å². The van der Waals surface area contributed by atoms with Crippen LogP contribution in [0, 0.1) is 0 Å². The molecule has 0 bridgehead atoms. The third kappa shape index (κ3) is 1.70. The van der Waals surface area contributed by atoms with E-state index in [0.717, 1.165) is 4.47 Å². The van der Waals surface area contributed by atoms with Crippen molar-refractivity contribution in [1.29, 1.82) is 0 Å². The minimum Gasteiger partial charge on any atom is -0.505 e. The molecule has 1 atom stereocenters. The highest BCUT2D eigenvalue weighted by molar-refractivity contribution is 9.10. The highest BCUT2D eigenvalue weighted by Gasteiger charge is 2.37. The molecular weight excluding hydrogens is 264 g/mol. The molecule has 1 aliphatic heterocycles. The highest BCUT2D eigenvalue weighted by atomic mass is 79.9. The zero-order valence-electron chi connectivity index (χ0n) is 7.48. The van der Waals surface area contributed by atoms with E-state index in [1.54, 1.807) is 24.3 Å². The van der Waals surface area contributed by atoms with Crippen molar-refractivity contribution >= 4 is 21.9 Å². The number of hydrogen-bond acceptors (Lipinski definition) is 4. The predicted octanol–water partition coefficient (Wildman–Crippen LogP) is 2.37. The van der Waals surface area contributed by atoms with Crippen LogP contribution in [0.2, 0.25) is 0 Å². The van der Waals surface area contributed by atoms with Gasteiger partial charge in [0.1, 0.15) is 5.92 Å². The lowest BCUT2D eigenvalue weighted by atomic mass is 9.99. The molecule has 1 aromatic rings. The molecule has 1 heterocycles. The van der Waals surface area contributed by atoms with Crippen LogP contribution >= 0.6 is 15.9 Å². The quantitative estimate of drug-likeness (QED) is 0.769. The standard InChI is InChI=1S/C10H7BrO4/c11-6-3-1-5(2-4-6)7-8(12)10(14)15-9(7)13/h1-4,7,12,14H/t7-/m0/s1. The van der Waals surface area contributed by atoms with Crippen LogP contribution in [-0.4, -0.2) is 16.2 Å². The van der Waals surface area contributed by atoms with E-state index in [-0.39, 0.29) is 0 Å². The minimum absolute atomic E-state index is 0.442. The van der Waals surface area contributed by atoms with E-state index in [4.69, 9.17) is 5.11 Å². The summed E-state index contributed by atoms with van der Waals surface area (Å²) in [6.07, 6.45) is 0. The first-order valence-corrected chi connectivity index (χ1v) is 4.98. The number of rotatable bonds is 1. The molecular formula is C10H7BrO4. The van der Waals surface area contributed by atoms with Gasteiger partial charge in [-0.1, -0.05) is 28.1 Å². The lowest BCUT2D eigenvalue weighted by Gasteiger charge is -2.05. The number of carbonyl (C=O) groups is 1. The second kappa shape index (κ2) is 3.58. The zero-order chi connectivity index (χ0) is 11.0. The molecule has 15 heavy (non-hydrogen) atoms. The Morgan fingerprint density at radius 1 is 1.20 bits per heavy atom. The number of hydrogen-bond donors (Lipinski definition) is 2. The van der Waals surface area contributed by atoms with E-state index in [1.807, 2.05) is 0 Å². The SMILES string of the molecule is O=C1OC(O)=C(O)[C@@H]1c1ccc(Br)cc1. The van der Waals surface area contributed by atoms with E-state index >= 15 is 0 Å². The normalized spacial score (nSPS) is 20.6. The van der Waals surface area contributed by atoms with Gasteiger partial charge in [0.05, 0.1) is 0 Å². The second-order valence-electron chi connectivity index (χ2n) is 3.10. The van der Waals surface area contributed by atoms with Crippen molar-refractivity contribution < 1.29 is 19.7 Å². The number of aliphatic hydroxyl groups excluding tert-OH is 2. The first kappa shape index (κ1) is 10.0. The molecule has 4 nitrogen and oxygen atoms in total. The zero-order valence-corrected chi connectivity index (χ0v) is 9.06. The van der Waals surface area contributed by atoms with Crippen LogP contribution in [0.15, 0.2) is 40.4 Å². The summed E-state index contributed by atoms with van der Waals surface area (Å²) < 4.78 is 5.27. The molecule has 0 unspecified atom stereocenters. The molecule has 0 fully saturated rings. The second-order valence-corrected chi connectivity index (χ2v) is 4.01. The summed E-state index contributed by atoms with van der Waals surface area (Å²) in [5.41, 5.74) is 0.574. The monoisotopic (exact) mass is 270 g/mol. The Morgan fingerprint density at radius 3 is 2.27 bits per heavy atom. The van der Waals surface area contributed by atoms with Crippen molar-refractivity contribution in [3.8, 4) is 0 Å². The summed E-state index contributed by atoms with van der Waals surface area (Å²) in [6.45, 7) is 0. The predicted molar refractivity (Wildman–Crippen MR) is 55.3 cm³/mol. The summed E-state index contributed by atoms with van der Waals surface area (Å²) in [5.74, 6) is -2.75. The van der Waals surface area contributed by atoms with Crippen molar-refractivity contribution in [1.82, 2.24) is 0 Å². The average Bonchev–Trinajstić information content (AvgIpc) is 2.44. The Kier molecular flexibility index (Phi) is 2.40. The summed E-state index contributed by atoms with van der Waals surface area (Å²) in [5, 5.41) is 18.5. The summed E-state index contributed by atoms with van der Waals surface area (Å²) in [7, 11) is 0. The Balaban J connectivity index is 2.39. The Bertz CT molecular complexity index is 435. The number of carbonyl (C=O) groups excluding carboxylic acids is 1. The van der Waals surface area contributed by atoms with Crippen molar-refractivity contribution in [2.24, 2.45) is 0 Å². The number of esters is 1. The van der Waals surface area contributed by atoms with Crippen LogP contribution in [0.3, 0.4) is 0 Å². The maximum atomic E-state index is 11.3. The lowest BCUT2D eigenvalue weighted by Crippen LogP contribution is -2.09. The van der Waals surface area contributed by atoms with Gasteiger partial charge in [-0.05, 0) is 17.7 Å². The summed E-state index contributed by atoms with van der Waals surface area (Å²) >= 11 is 3.26. The van der Waals surface area contributed by atoms with Gasteiger partial charge in [-0.2, -0.15) is 0 Å². The summed E-state index contributed by atoms with van der Waals surface area (Å²) in [6, 6.07) is 6.83. The third-order valence-corrected chi connectivity index (χ3v) is 2.66. The third-order valence-electron chi connectivity index (χ3n) is 2.13. The molecule has 2 rings (SSSR count). The molecule has 0 saturated carbocycles. The summed E-state index contributed by atoms with van der Waals surface area (Å²) in [4.78, 5) is 11.3. The van der Waals surface area contributed by atoms with Crippen LogP contribution in [0.1, 0.15) is 11.5 Å². The maximum absolute atomic E-state index is 11.3. The van der Waals surface area contributed by atoms with Gasteiger partial charge in [0.2, 0.25) is 0 Å². The average molecular weight is 271 g/mol. The molecule has 0 aromatic heterocycles. The Morgan fingerprint density at radius 2 is 1.80 bits per heavy atom. The van der Waals surface area contributed by atoms with E-state index in [9.17, 15) is 9.90 Å². The first-order valence-electron chi connectivity index (χ1n) is 4.19. The fraction of sp³-hybridized carbons (Fsp3) is 0.100. The molecule has 2 N–H and O–H groups in total. The highest BCUT2D eigenvalue weighted by Crippen LogP contribution is 2.32. The van der Waals surface area contributed by atoms with Gasteiger partial charge >= 0.3 is 11.9 Å². The minimum atomic E-state index is -0.918. The van der Waals surface area contributed by atoms with Crippen LogP contribution in [-0.2, 0) is 9.53 Å². The van der Waals surface area contributed by atoms with Crippen molar-refractivity contribution in [3.63, 3.8) is 0 Å². The van der Waals surface area contributed by atoms with Crippen molar-refractivity contribution in [2.75, 3.05) is 0 Å². The number of halogens is 1. The largest absolute Gasteiger partial charge is 0.505 e. The maximum Gasteiger partial charge on any atom is 0.329 e. The van der Waals surface area contributed by atoms with Gasteiger partial charge in [0, 0.05) is 4.47 Å². The van der Waals surface area contributed by atoms with Crippen molar-refractivity contribution in [3.05, 3.63) is 46.0 Å². The lowest BCUT2D eigenvalue weighted by molar-refractivity contribution is -0.140. The fourth-order valence-corrected chi connectivity index (χ4v) is 1.66. The van der Waals surface area contributed by atoms with E-state index in [2.05, 4.69) is 20.7 Å². The number of cyclic esters (lactones) is 1. The first-order chi connectivity index (χ1) is 7.09. The Labute approximate surface area is 93.9 Å². The van der Waals surface area contributed by atoms with Crippen LogP contribution in [0.5, 0.6) is 0 Å². The van der Waals surface area contributed by atoms with Crippen molar-refractivity contribution in [2.45, 2.75) is 5.92 Å². The number of benzene rings is 1. The van der Waals surface area contributed by atoms with Crippen LogP contribution in [0.25, 0.3) is 0 Å². The van der Waals surface area contributed by atoms with Gasteiger partial charge < -0.3 is 14.9 Å². The van der Waals surface area contributed by atoms with Gasteiger partial charge in [0.15, 0.2) is 5.76 Å². The molecule has 0 amide bonds. The smallest absolute Gasteiger partial charge is 0.329 e. The molecule has 5 heteroatoms. The molecule has 1 aromatic carbocycles. The van der Waals surface area contributed by atoms with Gasteiger partial charge in [-0.15, -0.1) is 0 Å². The van der Waals surface area contributed by atoms with E-state index in [0.29, 0.717) is 5.56 Å². The molecule has 78 valence electrons. The molecule has 0 radical (unpaired) electrons. The van der Waals surface area contributed by atoms with Gasteiger partial charge in [-0.25, -0.2) is 0 Å². The fourth-order valence-electron chi connectivity index (χ4n) is 1.39.